The van der Waals surface area contributed by atoms with E-state index in [4.69, 9.17) is 14.6 Å². The average Bonchev–Trinajstić information content (AvgIpc) is 2.71. The summed E-state index contributed by atoms with van der Waals surface area (Å²) in [6.45, 7) is 1.47. The molecule has 0 saturated heterocycles. The second kappa shape index (κ2) is 9.85. The number of carbonyl (C=O) groups is 3. The smallest absolute Gasteiger partial charge is 0.338 e. The van der Waals surface area contributed by atoms with Gasteiger partial charge in [-0.2, -0.15) is 0 Å². The van der Waals surface area contributed by atoms with Crippen molar-refractivity contribution in [3.63, 3.8) is 0 Å². The number of benzene rings is 2. The van der Waals surface area contributed by atoms with E-state index in [0.29, 0.717) is 0 Å². The molecule has 0 aromatic heterocycles. The first-order valence-corrected chi connectivity index (χ1v) is 10.2. The summed E-state index contributed by atoms with van der Waals surface area (Å²) in [5.74, 6) is -1.88. The van der Waals surface area contributed by atoms with Gasteiger partial charge in [0, 0.05) is 6.54 Å². The van der Waals surface area contributed by atoms with Gasteiger partial charge in [0.05, 0.1) is 12.7 Å². The number of amides is 3. The molecule has 0 heterocycles. The highest BCUT2D eigenvalue weighted by atomic mass is 32.2. The van der Waals surface area contributed by atoms with Crippen LogP contribution in [0.4, 0.5) is 4.79 Å². The maximum atomic E-state index is 12.3. The first-order valence-electron chi connectivity index (χ1n) is 8.66. The largest absolute Gasteiger partial charge is 0.495 e. The number of rotatable bonds is 7. The lowest BCUT2D eigenvalue weighted by Gasteiger charge is -2.14. The van der Waals surface area contributed by atoms with Crippen molar-refractivity contribution in [2.24, 2.45) is 5.14 Å². The van der Waals surface area contributed by atoms with Crippen LogP contribution in [-0.2, 0) is 26.1 Å². The summed E-state index contributed by atoms with van der Waals surface area (Å²) in [5, 5.41) is 9.67. The molecule has 11 heteroatoms. The van der Waals surface area contributed by atoms with Crippen molar-refractivity contribution in [3.8, 4) is 5.75 Å². The molecule has 2 aromatic rings. The van der Waals surface area contributed by atoms with Crippen LogP contribution < -0.4 is 20.5 Å². The molecular formula is C19H21N3O7S. The highest BCUT2D eigenvalue weighted by Crippen LogP contribution is 2.24. The molecule has 1 atom stereocenters. The number of urea groups is 1. The highest BCUT2D eigenvalue weighted by Gasteiger charge is 2.23. The molecular weight excluding hydrogens is 414 g/mol. The van der Waals surface area contributed by atoms with Gasteiger partial charge in [0.1, 0.15) is 10.6 Å². The second-order valence-corrected chi connectivity index (χ2v) is 7.65. The maximum absolute atomic E-state index is 12.3. The summed E-state index contributed by atoms with van der Waals surface area (Å²) in [6.07, 6.45) is -1.32. The van der Waals surface area contributed by atoms with Crippen LogP contribution >= 0.6 is 0 Å². The second-order valence-electron chi connectivity index (χ2n) is 6.12. The van der Waals surface area contributed by atoms with E-state index >= 15 is 0 Å². The molecule has 0 aliphatic heterocycles. The molecule has 0 aliphatic rings. The molecule has 0 aliphatic carbocycles. The van der Waals surface area contributed by atoms with E-state index in [-0.39, 0.29) is 17.9 Å². The number of imide groups is 1. The summed E-state index contributed by atoms with van der Waals surface area (Å²) >= 11 is 0. The van der Waals surface area contributed by atoms with Gasteiger partial charge < -0.3 is 14.8 Å². The monoisotopic (exact) mass is 435 g/mol. The number of esters is 1. The number of carbonyl (C=O) groups excluding carboxylic acids is 3. The van der Waals surface area contributed by atoms with Gasteiger partial charge >= 0.3 is 12.0 Å². The lowest BCUT2D eigenvalue weighted by Crippen LogP contribution is -2.44. The SMILES string of the molecule is COc1ccc(C(=O)O[C@@H](C)C(=O)NC(=O)NCc2ccccc2)cc1S(N)(=O)=O. The van der Waals surface area contributed by atoms with E-state index in [1.54, 1.807) is 12.1 Å². The number of hydrogen-bond donors (Lipinski definition) is 3. The van der Waals surface area contributed by atoms with Gasteiger partial charge in [0.25, 0.3) is 5.91 Å². The lowest BCUT2D eigenvalue weighted by molar-refractivity contribution is -0.127. The van der Waals surface area contributed by atoms with Crippen molar-refractivity contribution in [1.29, 1.82) is 0 Å². The first-order chi connectivity index (χ1) is 14.1. The molecule has 0 bridgehead atoms. The van der Waals surface area contributed by atoms with Crippen LogP contribution in [0.15, 0.2) is 53.4 Å². The van der Waals surface area contributed by atoms with E-state index in [1.807, 2.05) is 18.2 Å². The number of primary sulfonamides is 1. The van der Waals surface area contributed by atoms with Gasteiger partial charge in [-0.05, 0) is 30.7 Å². The summed E-state index contributed by atoms with van der Waals surface area (Å²) in [7, 11) is -2.91. The Hall–Kier alpha value is -3.44. The Morgan fingerprint density at radius 2 is 1.77 bits per heavy atom. The van der Waals surface area contributed by atoms with E-state index in [1.165, 1.54) is 26.2 Å². The molecule has 0 unspecified atom stereocenters. The van der Waals surface area contributed by atoms with Crippen molar-refractivity contribution in [1.82, 2.24) is 10.6 Å². The number of nitrogens with one attached hydrogen (secondary N) is 2. The molecule has 2 aromatic carbocycles. The fourth-order valence-electron chi connectivity index (χ4n) is 2.34. The molecule has 0 saturated carbocycles. The maximum Gasteiger partial charge on any atom is 0.338 e. The number of nitrogens with two attached hydrogens (primary N) is 1. The third kappa shape index (κ3) is 6.29. The summed E-state index contributed by atoms with van der Waals surface area (Å²) in [5.41, 5.74) is 0.678. The third-order valence-electron chi connectivity index (χ3n) is 3.89. The first kappa shape index (κ1) is 22.8. The highest BCUT2D eigenvalue weighted by molar-refractivity contribution is 7.89. The topological polar surface area (TPSA) is 154 Å². The zero-order chi connectivity index (χ0) is 22.3. The molecule has 3 amide bonds. The Labute approximate surface area is 173 Å². The van der Waals surface area contributed by atoms with Crippen molar-refractivity contribution < 1.29 is 32.3 Å². The van der Waals surface area contributed by atoms with E-state index in [0.717, 1.165) is 11.6 Å². The number of hydrogen-bond acceptors (Lipinski definition) is 7. The van der Waals surface area contributed by atoms with Crippen molar-refractivity contribution in [2.75, 3.05) is 7.11 Å². The molecule has 160 valence electrons. The molecule has 30 heavy (non-hydrogen) atoms. The average molecular weight is 435 g/mol. The molecule has 2 rings (SSSR count). The quantitative estimate of drug-likeness (QED) is 0.546. The van der Waals surface area contributed by atoms with E-state index in [9.17, 15) is 22.8 Å². The Bertz CT molecular complexity index is 1040. The number of methoxy groups -OCH3 is 1. The number of ether oxygens (including phenoxy) is 2. The minimum Gasteiger partial charge on any atom is -0.495 e. The van der Waals surface area contributed by atoms with Crippen LogP contribution in [-0.4, -0.2) is 39.5 Å². The van der Waals surface area contributed by atoms with Gasteiger partial charge in [-0.1, -0.05) is 30.3 Å². The fraction of sp³-hybridized carbons (Fsp3) is 0.211. The van der Waals surface area contributed by atoms with Gasteiger partial charge in [-0.3, -0.25) is 10.1 Å². The van der Waals surface area contributed by atoms with Crippen molar-refractivity contribution in [3.05, 3.63) is 59.7 Å². The minimum atomic E-state index is -4.16. The van der Waals surface area contributed by atoms with Crippen LogP contribution in [0.2, 0.25) is 0 Å². The third-order valence-corrected chi connectivity index (χ3v) is 4.82. The van der Waals surface area contributed by atoms with E-state index in [2.05, 4.69) is 10.6 Å². The molecule has 0 fully saturated rings. The van der Waals surface area contributed by atoms with Crippen LogP contribution in [0.3, 0.4) is 0 Å². The standard InChI is InChI=1S/C19H21N3O7S/c1-12(17(23)22-19(25)21-11-13-6-4-3-5-7-13)29-18(24)14-8-9-15(28-2)16(10-14)30(20,26)27/h3-10,12H,11H2,1-2H3,(H2,20,26,27)(H2,21,22,23,25)/t12-/m0/s1. The molecule has 4 N–H and O–H groups in total. The summed E-state index contributed by atoms with van der Waals surface area (Å²) in [4.78, 5) is 35.8. The predicted octanol–water partition coefficient (Wildman–Crippen LogP) is 0.914. The van der Waals surface area contributed by atoms with Gasteiger partial charge in [-0.15, -0.1) is 0 Å². The Balaban J connectivity index is 1.96. The van der Waals surface area contributed by atoms with Crippen LogP contribution in [0.25, 0.3) is 0 Å². The summed E-state index contributed by atoms with van der Waals surface area (Å²) in [6, 6.07) is 11.8. The van der Waals surface area contributed by atoms with Crippen LogP contribution in [0, 0.1) is 0 Å². The van der Waals surface area contributed by atoms with Crippen molar-refractivity contribution >= 4 is 27.9 Å². The Kier molecular flexibility index (Phi) is 7.50. The summed E-state index contributed by atoms with van der Waals surface area (Å²) < 4.78 is 33.2. The van der Waals surface area contributed by atoms with Gasteiger partial charge in [0.15, 0.2) is 6.10 Å². The predicted molar refractivity (Wildman–Crippen MR) is 106 cm³/mol. The zero-order valence-electron chi connectivity index (χ0n) is 16.2. The van der Waals surface area contributed by atoms with Crippen LogP contribution in [0.5, 0.6) is 5.75 Å². The normalized spacial score (nSPS) is 11.8. The van der Waals surface area contributed by atoms with Gasteiger partial charge in [-0.25, -0.2) is 23.1 Å². The van der Waals surface area contributed by atoms with Crippen LogP contribution in [0.1, 0.15) is 22.8 Å². The lowest BCUT2D eigenvalue weighted by atomic mass is 10.2. The molecule has 0 radical (unpaired) electrons. The molecule has 0 spiro atoms. The Morgan fingerprint density at radius 1 is 1.10 bits per heavy atom. The fourth-order valence-corrected chi connectivity index (χ4v) is 3.07. The molecule has 10 nitrogen and oxygen atoms in total. The Morgan fingerprint density at radius 3 is 2.37 bits per heavy atom. The van der Waals surface area contributed by atoms with Crippen molar-refractivity contribution in [2.45, 2.75) is 24.5 Å². The minimum absolute atomic E-state index is 0.0464. The van der Waals surface area contributed by atoms with Gasteiger partial charge in [0.2, 0.25) is 10.0 Å². The van der Waals surface area contributed by atoms with E-state index < -0.39 is 38.9 Å². The number of sulfonamides is 1. The zero-order valence-corrected chi connectivity index (χ0v) is 17.1.